The smallest absolute Gasteiger partial charge is 0.339 e. The summed E-state index contributed by atoms with van der Waals surface area (Å²) in [4.78, 5) is 35.2. The van der Waals surface area contributed by atoms with E-state index in [4.69, 9.17) is 4.74 Å². The first-order valence-electron chi connectivity index (χ1n) is 10.7. The number of aromatic carboxylic acids is 1. The predicted octanol–water partition coefficient (Wildman–Crippen LogP) is 1.32. The van der Waals surface area contributed by atoms with Gasteiger partial charge >= 0.3 is 5.97 Å². The fourth-order valence-corrected chi connectivity index (χ4v) is 4.84. The van der Waals surface area contributed by atoms with Crippen LogP contribution in [0.25, 0.3) is 0 Å². The number of nitrogens with zero attached hydrogens (tertiary/aromatic N) is 4. The number of anilines is 1. The molecule has 8 heteroatoms. The van der Waals surface area contributed by atoms with Gasteiger partial charge in [0.1, 0.15) is 11.4 Å². The van der Waals surface area contributed by atoms with Crippen LogP contribution >= 0.6 is 0 Å². The number of morpholine rings is 1. The van der Waals surface area contributed by atoms with E-state index in [0.29, 0.717) is 38.2 Å². The van der Waals surface area contributed by atoms with E-state index < -0.39 is 5.97 Å². The maximum Gasteiger partial charge on any atom is 0.339 e. The van der Waals surface area contributed by atoms with Crippen LogP contribution in [0, 0.1) is 5.92 Å². The number of amides is 1. The molecule has 8 nitrogen and oxygen atoms in total. The van der Waals surface area contributed by atoms with Crippen LogP contribution in [-0.4, -0.2) is 90.3 Å². The molecule has 1 aromatic heterocycles. The van der Waals surface area contributed by atoms with Gasteiger partial charge in [0.2, 0.25) is 5.91 Å². The SMILES string of the molecule is O=C(O)c1cccnc1N1CCC(N2CCC[C@H](C(=O)N3CCOCC3)C2)CC1. The second-order valence-electron chi connectivity index (χ2n) is 8.17. The lowest BCUT2D eigenvalue weighted by atomic mass is 9.92. The van der Waals surface area contributed by atoms with Crippen molar-refractivity contribution in [1.82, 2.24) is 14.8 Å². The molecule has 3 aliphatic heterocycles. The van der Waals surface area contributed by atoms with Crippen LogP contribution < -0.4 is 4.90 Å². The summed E-state index contributed by atoms with van der Waals surface area (Å²) in [5.41, 5.74) is 0.264. The van der Waals surface area contributed by atoms with E-state index in [9.17, 15) is 14.7 Å². The van der Waals surface area contributed by atoms with Crippen molar-refractivity contribution in [2.45, 2.75) is 31.7 Å². The molecular weight excluding hydrogens is 372 g/mol. The van der Waals surface area contributed by atoms with Gasteiger partial charge in [0.15, 0.2) is 0 Å². The number of likely N-dealkylation sites (tertiary alicyclic amines) is 1. The molecule has 1 aromatic rings. The monoisotopic (exact) mass is 402 g/mol. The molecule has 4 rings (SSSR count). The molecular formula is C21H30N4O4. The number of rotatable bonds is 4. The summed E-state index contributed by atoms with van der Waals surface area (Å²) in [5.74, 6) is 0.0116. The van der Waals surface area contributed by atoms with Gasteiger partial charge < -0.3 is 19.6 Å². The molecule has 3 saturated heterocycles. The molecule has 0 spiro atoms. The molecule has 3 fully saturated rings. The van der Waals surface area contributed by atoms with Crippen LogP contribution in [0.15, 0.2) is 18.3 Å². The quantitative estimate of drug-likeness (QED) is 0.813. The van der Waals surface area contributed by atoms with Crippen molar-refractivity contribution in [1.29, 1.82) is 0 Å². The Morgan fingerprint density at radius 2 is 1.83 bits per heavy atom. The highest BCUT2D eigenvalue weighted by molar-refractivity contribution is 5.93. The number of carboxylic acid groups (broad SMARTS) is 1. The summed E-state index contributed by atoms with van der Waals surface area (Å²) in [5, 5.41) is 9.42. The summed E-state index contributed by atoms with van der Waals surface area (Å²) >= 11 is 0. The van der Waals surface area contributed by atoms with Crippen molar-refractivity contribution in [2.24, 2.45) is 5.92 Å². The third-order valence-corrected chi connectivity index (χ3v) is 6.42. The van der Waals surface area contributed by atoms with Crippen LogP contribution in [0.1, 0.15) is 36.0 Å². The lowest BCUT2D eigenvalue weighted by Gasteiger charge is -2.43. The van der Waals surface area contributed by atoms with Crippen molar-refractivity contribution in [2.75, 3.05) is 57.4 Å². The largest absolute Gasteiger partial charge is 0.478 e. The molecule has 0 aliphatic carbocycles. The number of carbonyl (C=O) groups excluding carboxylic acids is 1. The van der Waals surface area contributed by atoms with Gasteiger partial charge in [0.25, 0.3) is 0 Å². The Kier molecular flexibility index (Phi) is 6.30. The molecule has 158 valence electrons. The van der Waals surface area contributed by atoms with Crippen LogP contribution in [-0.2, 0) is 9.53 Å². The molecule has 0 aromatic carbocycles. The van der Waals surface area contributed by atoms with Gasteiger partial charge in [-0.3, -0.25) is 9.69 Å². The molecule has 0 saturated carbocycles. The summed E-state index contributed by atoms with van der Waals surface area (Å²) in [7, 11) is 0. The average Bonchev–Trinajstić information content (AvgIpc) is 2.79. The number of aromatic nitrogens is 1. The summed E-state index contributed by atoms with van der Waals surface area (Å²) in [6, 6.07) is 3.73. The first kappa shape index (κ1) is 20.1. The third kappa shape index (κ3) is 4.53. The molecule has 1 atom stereocenters. The maximum atomic E-state index is 12.9. The topological polar surface area (TPSA) is 86.2 Å². The van der Waals surface area contributed by atoms with E-state index in [1.807, 2.05) is 4.90 Å². The van der Waals surface area contributed by atoms with E-state index in [-0.39, 0.29) is 17.4 Å². The van der Waals surface area contributed by atoms with Gasteiger partial charge in [-0.05, 0) is 44.4 Å². The minimum absolute atomic E-state index is 0.0919. The molecule has 0 radical (unpaired) electrons. The Labute approximate surface area is 171 Å². The average molecular weight is 402 g/mol. The lowest BCUT2D eigenvalue weighted by molar-refractivity contribution is -0.141. The number of ether oxygens (including phenoxy) is 1. The normalized spacial score (nSPS) is 24.5. The van der Waals surface area contributed by atoms with Gasteiger partial charge in [0, 0.05) is 45.0 Å². The minimum Gasteiger partial charge on any atom is -0.478 e. The summed E-state index contributed by atoms with van der Waals surface area (Å²) < 4.78 is 5.37. The van der Waals surface area contributed by atoms with Gasteiger partial charge in [0.05, 0.1) is 19.1 Å². The predicted molar refractivity (Wildman–Crippen MR) is 108 cm³/mol. The minimum atomic E-state index is -0.935. The number of hydrogen-bond acceptors (Lipinski definition) is 6. The van der Waals surface area contributed by atoms with Crippen molar-refractivity contribution >= 4 is 17.7 Å². The first-order valence-corrected chi connectivity index (χ1v) is 10.7. The van der Waals surface area contributed by atoms with Crippen molar-refractivity contribution in [3.8, 4) is 0 Å². The van der Waals surface area contributed by atoms with E-state index >= 15 is 0 Å². The number of hydrogen-bond donors (Lipinski definition) is 1. The van der Waals surface area contributed by atoms with Gasteiger partial charge in [-0.2, -0.15) is 0 Å². The third-order valence-electron chi connectivity index (χ3n) is 6.42. The second kappa shape index (κ2) is 9.09. The van der Waals surface area contributed by atoms with Crippen LogP contribution in [0.3, 0.4) is 0 Å². The van der Waals surface area contributed by atoms with E-state index in [1.165, 1.54) is 0 Å². The van der Waals surface area contributed by atoms with Crippen molar-refractivity contribution in [3.63, 3.8) is 0 Å². The fraction of sp³-hybridized carbons (Fsp3) is 0.667. The Hall–Kier alpha value is -2.19. The number of carboxylic acids is 1. The first-order chi connectivity index (χ1) is 14.1. The summed E-state index contributed by atoms with van der Waals surface area (Å²) in [6.45, 7) is 6.18. The fourth-order valence-electron chi connectivity index (χ4n) is 4.84. The van der Waals surface area contributed by atoms with Crippen LogP contribution in [0.2, 0.25) is 0 Å². The molecule has 0 unspecified atom stereocenters. The van der Waals surface area contributed by atoms with Gasteiger partial charge in [-0.15, -0.1) is 0 Å². The van der Waals surface area contributed by atoms with Gasteiger partial charge in [-0.25, -0.2) is 9.78 Å². The van der Waals surface area contributed by atoms with Crippen LogP contribution in [0.4, 0.5) is 5.82 Å². The molecule has 1 N–H and O–H groups in total. The van der Waals surface area contributed by atoms with E-state index in [2.05, 4.69) is 14.8 Å². The zero-order valence-electron chi connectivity index (χ0n) is 16.8. The Bertz CT molecular complexity index is 729. The molecule has 0 bridgehead atoms. The maximum absolute atomic E-state index is 12.9. The number of carbonyl (C=O) groups is 2. The zero-order chi connectivity index (χ0) is 20.2. The second-order valence-corrected chi connectivity index (χ2v) is 8.17. The van der Waals surface area contributed by atoms with E-state index in [1.54, 1.807) is 18.3 Å². The Morgan fingerprint density at radius 3 is 2.55 bits per heavy atom. The highest BCUT2D eigenvalue weighted by Crippen LogP contribution is 2.28. The highest BCUT2D eigenvalue weighted by Gasteiger charge is 2.34. The molecule has 1 amide bonds. The van der Waals surface area contributed by atoms with Crippen molar-refractivity contribution in [3.05, 3.63) is 23.9 Å². The lowest BCUT2D eigenvalue weighted by Crippen LogP contribution is -2.52. The highest BCUT2D eigenvalue weighted by atomic mass is 16.5. The molecule has 3 aliphatic rings. The Morgan fingerprint density at radius 1 is 1.07 bits per heavy atom. The standard InChI is InChI=1S/C21H30N4O4/c26-20(24-11-13-29-14-12-24)16-3-2-8-25(15-16)17-5-9-23(10-6-17)19-18(21(27)28)4-1-7-22-19/h1,4,7,16-17H,2-3,5-6,8-15H2,(H,27,28)/t16-/m0/s1. The molecule has 29 heavy (non-hydrogen) atoms. The van der Waals surface area contributed by atoms with Crippen molar-refractivity contribution < 1.29 is 19.4 Å². The summed E-state index contributed by atoms with van der Waals surface area (Å²) in [6.07, 6.45) is 5.62. The van der Waals surface area contributed by atoms with E-state index in [0.717, 1.165) is 51.9 Å². The van der Waals surface area contributed by atoms with Gasteiger partial charge in [-0.1, -0.05) is 0 Å². The number of piperidine rings is 2. The molecule has 4 heterocycles. The zero-order valence-corrected chi connectivity index (χ0v) is 16.8. The Balaban J connectivity index is 1.34. The van der Waals surface area contributed by atoms with Crippen LogP contribution in [0.5, 0.6) is 0 Å². The number of pyridine rings is 1.